The molecule has 0 saturated carbocycles. The molecule has 0 spiro atoms. The van der Waals surface area contributed by atoms with Crippen molar-refractivity contribution in [2.75, 3.05) is 0 Å². The van der Waals surface area contributed by atoms with Crippen LogP contribution in [0.1, 0.15) is 37.5 Å². The largest absolute Gasteiger partial charge is 0.487 e. The first kappa shape index (κ1) is 23.0. The van der Waals surface area contributed by atoms with E-state index in [1.807, 2.05) is 36.4 Å². The number of hydrogen-bond donors (Lipinski definition) is 0. The van der Waals surface area contributed by atoms with E-state index in [0.717, 1.165) is 16.7 Å². The van der Waals surface area contributed by atoms with Crippen LogP contribution in [-0.4, -0.2) is 13.3 Å². The molecule has 2 aromatic carbocycles. The number of pyridine rings is 1. The lowest BCUT2D eigenvalue weighted by Gasteiger charge is -2.36. The summed E-state index contributed by atoms with van der Waals surface area (Å²) in [6.45, 7) is 12.6. The first-order chi connectivity index (χ1) is 14.8. The Labute approximate surface area is 187 Å². The second-order valence-corrected chi connectivity index (χ2v) is 14.0. The zero-order chi connectivity index (χ0) is 22.3. The Kier molecular flexibility index (Phi) is 7.52. The van der Waals surface area contributed by atoms with Gasteiger partial charge in [0.15, 0.2) is 8.32 Å². The molecule has 0 fully saturated rings. The molecule has 0 radical (unpaired) electrons. The van der Waals surface area contributed by atoms with Crippen molar-refractivity contribution in [2.24, 2.45) is 0 Å². The SMILES string of the molecule is CC(C)(C)[Si](C)(C)OCc1c(OCc2ccccc2)cncc1OCc1ccccc1. The molecule has 3 rings (SSSR count). The van der Waals surface area contributed by atoms with E-state index in [0.29, 0.717) is 31.3 Å². The van der Waals surface area contributed by atoms with E-state index in [1.54, 1.807) is 12.4 Å². The van der Waals surface area contributed by atoms with E-state index in [1.165, 1.54) is 0 Å². The van der Waals surface area contributed by atoms with Gasteiger partial charge in [0, 0.05) is 0 Å². The van der Waals surface area contributed by atoms with Crippen molar-refractivity contribution in [3.05, 3.63) is 89.7 Å². The van der Waals surface area contributed by atoms with Crippen molar-refractivity contribution in [2.45, 2.75) is 58.7 Å². The lowest BCUT2D eigenvalue weighted by molar-refractivity contribution is 0.239. The van der Waals surface area contributed by atoms with Crippen LogP contribution in [0, 0.1) is 0 Å². The predicted molar refractivity (Wildman–Crippen MR) is 128 cm³/mol. The Balaban J connectivity index is 1.82. The van der Waals surface area contributed by atoms with Gasteiger partial charge in [-0.2, -0.15) is 0 Å². The molecule has 5 heteroatoms. The highest BCUT2D eigenvalue weighted by atomic mass is 28.4. The van der Waals surface area contributed by atoms with Crippen LogP contribution in [0.25, 0.3) is 0 Å². The van der Waals surface area contributed by atoms with Crippen molar-refractivity contribution in [3.8, 4) is 11.5 Å². The third-order valence-corrected chi connectivity index (χ3v) is 10.3. The first-order valence-electron chi connectivity index (χ1n) is 10.7. The van der Waals surface area contributed by atoms with E-state index in [9.17, 15) is 0 Å². The molecule has 4 nitrogen and oxygen atoms in total. The minimum absolute atomic E-state index is 0.121. The van der Waals surface area contributed by atoms with Crippen LogP contribution in [0.4, 0.5) is 0 Å². The molecule has 0 aliphatic heterocycles. The smallest absolute Gasteiger partial charge is 0.192 e. The van der Waals surface area contributed by atoms with Crippen LogP contribution in [0.2, 0.25) is 18.1 Å². The van der Waals surface area contributed by atoms with Gasteiger partial charge in [-0.25, -0.2) is 0 Å². The first-order valence-corrected chi connectivity index (χ1v) is 13.6. The molecule has 0 atom stereocenters. The molecule has 0 saturated heterocycles. The second-order valence-electron chi connectivity index (χ2n) is 9.21. The van der Waals surface area contributed by atoms with Gasteiger partial charge in [-0.05, 0) is 29.3 Å². The number of aromatic nitrogens is 1. The van der Waals surface area contributed by atoms with Crippen molar-refractivity contribution >= 4 is 8.32 Å². The van der Waals surface area contributed by atoms with E-state index >= 15 is 0 Å². The summed E-state index contributed by atoms with van der Waals surface area (Å²) in [4.78, 5) is 4.37. The minimum atomic E-state index is -1.94. The normalized spacial score (nSPS) is 11.9. The molecule has 0 unspecified atom stereocenters. The van der Waals surface area contributed by atoms with Crippen molar-refractivity contribution in [1.82, 2.24) is 4.98 Å². The zero-order valence-corrected chi connectivity index (χ0v) is 20.2. The Morgan fingerprint density at radius 2 is 1.16 bits per heavy atom. The topological polar surface area (TPSA) is 40.6 Å². The number of ether oxygens (including phenoxy) is 2. The summed E-state index contributed by atoms with van der Waals surface area (Å²) in [6.07, 6.45) is 3.51. The zero-order valence-electron chi connectivity index (χ0n) is 19.2. The highest BCUT2D eigenvalue weighted by Gasteiger charge is 2.37. The van der Waals surface area contributed by atoms with Gasteiger partial charge in [0.2, 0.25) is 0 Å². The van der Waals surface area contributed by atoms with Gasteiger partial charge in [0.1, 0.15) is 24.7 Å². The van der Waals surface area contributed by atoms with Gasteiger partial charge in [0.25, 0.3) is 0 Å². The Morgan fingerprint density at radius 1 is 0.710 bits per heavy atom. The summed E-state index contributed by atoms with van der Waals surface area (Å²) in [6, 6.07) is 20.3. The Morgan fingerprint density at radius 3 is 1.58 bits per heavy atom. The fraction of sp³-hybridized carbons (Fsp3) is 0.346. The molecule has 164 valence electrons. The minimum Gasteiger partial charge on any atom is -0.487 e. The average molecular weight is 436 g/mol. The highest BCUT2D eigenvalue weighted by Crippen LogP contribution is 2.39. The van der Waals surface area contributed by atoms with Crippen LogP contribution in [0.5, 0.6) is 11.5 Å². The highest BCUT2D eigenvalue weighted by molar-refractivity contribution is 6.74. The molecule has 1 aromatic heterocycles. The van der Waals surface area contributed by atoms with E-state index in [2.05, 4.69) is 63.1 Å². The summed E-state index contributed by atoms with van der Waals surface area (Å²) >= 11 is 0. The Hall–Kier alpha value is -2.63. The van der Waals surface area contributed by atoms with E-state index in [4.69, 9.17) is 13.9 Å². The number of rotatable bonds is 9. The maximum absolute atomic E-state index is 6.52. The summed E-state index contributed by atoms with van der Waals surface area (Å²) in [5.74, 6) is 1.40. The number of nitrogens with zero attached hydrogens (tertiary/aromatic N) is 1. The second kappa shape index (κ2) is 10.1. The fourth-order valence-electron chi connectivity index (χ4n) is 2.78. The third-order valence-electron chi connectivity index (χ3n) is 5.84. The Bertz CT molecular complexity index is 892. The molecule has 0 amide bonds. The van der Waals surface area contributed by atoms with Crippen LogP contribution in [0.3, 0.4) is 0 Å². The van der Waals surface area contributed by atoms with Crippen molar-refractivity contribution in [1.29, 1.82) is 0 Å². The maximum Gasteiger partial charge on any atom is 0.192 e. The monoisotopic (exact) mass is 435 g/mol. The summed E-state index contributed by atoms with van der Waals surface area (Å²) in [5.41, 5.74) is 3.12. The third kappa shape index (κ3) is 6.42. The quantitative estimate of drug-likeness (QED) is 0.348. The number of hydrogen-bond acceptors (Lipinski definition) is 4. The summed E-state index contributed by atoms with van der Waals surface area (Å²) < 4.78 is 18.8. The average Bonchev–Trinajstić information content (AvgIpc) is 2.76. The van der Waals surface area contributed by atoms with Gasteiger partial charge in [-0.3, -0.25) is 4.98 Å². The van der Waals surface area contributed by atoms with Crippen molar-refractivity contribution < 1.29 is 13.9 Å². The molecular formula is C26H33NO3Si. The van der Waals surface area contributed by atoms with Gasteiger partial charge in [-0.15, -0.1) is 0 Å². The molecule has 0 bridgehead atoms. The van der Waals surface area contributed by atoms with Crippen LogP contribution < -0.4 is 9.47 Å². The van der Waals surface area contributed by atoms with Crippen molar-refractivity contribution in [3.63, 3.8) is 0 Å². The van der Waals surface area contributed by atoms with Gasteiger partial charge >= 0.3 is 0 Å². The lowest BCUT2D eigenvalue weighted by Crippen LogP contribution is -2.40. The standard InChI is InChI=1S/C26H33NO3Si/c1-26(2,3)31(4,5)30-20-23-24(28-18-21-12-8-6-9-13-21)16-27-17-25(23)29-19-22-14-10-7-11-15-22/h6-17H,18-20H2,1-5H3. The van der Waals surface area contributed by atoms with E-state index in [-0.39, 0.29) is 5.04 Å². The predicted octanol–water partition coefficient (Wildman–Crippen LogP) is 6.76. The molecule has 3 aromatic rings. The molecular weight excluding hydrogens is 402 g/mol. The summed E-state index contributed by atoms with van der Waals surface area (Å²) in [7, 11) is -1.94. The van der Waals surface area contributed by atoms with Gasteiger partial charge in [-0.1, -0.05) is 81.4 Å². The molecule has 0 aliphatic carbocycles. The van der Waals surface area contributed by atoms with Crippen LogP contribution in [0.15, 0.2) is 73.1 Å². The van der Waals surface area contributed by atoms with Crippen LogP contribution >= 0.6 is 0 Å². The summed E-state index contributed by atoms with van der Waals surface area (Å²) in [5, 5.41) is 0.121. The lowest BCUT2D eigenvalue weighted by atomic mass is 10.2. The fourth-order valence-corrected chi connectivity index (χ4v) is 3.72. The molecule has 0 N–H and O–H groups in total. The van der Waals surface area contributed by atoms with Gasteiger partial charge < -0.3 is 13.9 Å². The molecule has 1 heterocycles. The molecule has 31 heavy (non-hydrogen) atoms. The van der Waals surface area contributed by atoms with Gasteiger partial charge in [0.05, 0.1) is 24.6 Å². The molecule has 0 aliphatic rings. The maximum atomic E-state index is 6.52. The van der Waals surface area contributed by atoms with E-state index < -0.39 is 8.32 Å². The number of benzene rings is 2. The van der Waals surface area contributed by atoms with Crippen LogP contribution in [-0.2, 0) is 24.2 Å².